The van der Waals surface area contributed by atoms with Crippen molar-refractivity contribution in [2.24, 2.45) is 0 Å². The maximum absolute atomic E-state index is 12.5. The maximum atomic E-state index is 12.5. The zero-order valence-corrected chi connectivity index (χ0v) is 14.4. The van der Waals surface area contributed by atoms with Crippen LogP contribution < -0.4 is 14.8 Å². The van der Waals surface area contributed by atoms with Crippen molar-refractivity contribution in [1.82, 2.24) is 5.32 Å². The molecule has 3 aromatic rings. The van der Waals surface area contributed by atoms with Gasteiger partial charge in [0.05, 0.1) is 6.04 Å². The van der Waals surface area contributed by atoms with Gasteiger partial charge >= 0.3 is 0 Å². The molecule has 0 aromatic heterocycles. The predicted molar refractivity (Wildman–Crippen MR) is 100 cm³/mol. The Hall–Kier alpha value is -3.27. The average Bonchev–Trinajstić information content (AvgIpc) is 3.16. The van der Waals surface area contributed by atoms with Crippen molar-refractivity contribution in [3.8, 4) is 22.6 Å². The molecule has 1 aliphatic heterocycles. The van der Waals surface area contributed by atoms with Crippen LogP contribution >= 0.6 is 0 Å². The summed E-state index contributed by atoms with van der Waals surface area (Å²) in [4.78, 5) is 12.5. The van der Waals surface area contributed by atoms with Crippen LogP contribution in [0.3, 0.4) is 0 Å². The summed E-state index contributed by atoms with van der Waals surface area (Å²) in [5, 5.41) is 3.03. The van der Waals surface area contributed by atoms with Gasteiger partial charge in [0.1, 0.15) is 0 Å². The molecule has 26 heavy (non-hydrogen) atoms. The number of hydrogen-bond acceptors (Lipinski definition) is 3. The van der Waals surface area contributed by atoms with E-state index < -0.39 is 0 Å². The molecule has 4 nitrogen and oxygen atoms in total. The van der Waals surface area contributed by atoms with Crippen LogP contribution in [0.5, 0.6) is 11.5 Å². The lowest BCUT2D eigenvalue weighted by Gasteiger charge is -2.15. The Morgan fingerprint density at radius 1 is 0.885 bits per heavy atom. The number of carbonyl (C=O) groups excluding carboxylic acids is 1. The van der Waals surface area contributed by atoms with Gasteiger partial charge in [-0.3, -0.25) is 4.79 Å². The highest BCUT2D eigenvalue weighted by molar-refractivity contribution is 5.95. The van der Waals surface area contributed by atoms with Crippen LogP contribution in [0.4, 0.5) is 0 Å². The fraction of sp³-hybridized carbons (Fsp3) is 0.136. The van der Waals surface area contributed by atoms with E-state index in [1.165, 1.54) is 0 Å². The molecule has 0 saturated carbocycles. The molecule has 1 heterocycles. The summed E-state index contributed by atoms with van der Waals surface area (Å²) in [5.74, 6) is 1.36. The van der Waals surface area contributed by atoms with Gasteiger partial charge in [0.2, 0.25) is 6.79 Å². The van der Waals surface area contributed by atoms with Crippen LogP contribution in [-0.2, 0) is 0 Å². The van der Waals surface area contributed by atoms with E-state index in [0.29, 0.717) is 5.56 Å². The van der Waals surface area contributed by atoms with Crippen LogP contribution in [-0.4, -0.2) is 12.7 Å². The summed E-state index contributed by atoms with van der Waals surface area (Å²) in [5.41, 5.74) is 3.83. The van der Waals surface area contributed by atoms with E-state index in [1.807, 2.05) is 67.6 Å². The quantitative estimate of drug-likeness (QED) is 0.753. The van der Waals surface area contributed by atoms with E-state index in [0.717, 1.165) is 28.2 Å². The number of fused-ring (bicyclic) bond motifs is 1. The molecule has 4 heteroatoms. The first-order valence-electron chi connectivity index (χ1n) is 8.56. The van der Waals surface area contributed by atoms with Crippen LogP contribution in [0.25, 0.3) is 11.1 Å². The van der Waals surface area contributed by atoms with Gasteiger partial charge in [-0.2, -0.15) is 0 Å². The number of ether oxygens (including phenoxy) is 2. The maximum Gasteiger partial charge on any atom is 0.251 e. The molecule has 4 rings (SSSR count). The zero-order valence-electron chi connectivity index (χ0n) is 14.4. The Morgan fingerprint density at radius 3 is 2.35 bits per heavy atom. The smallest absolute Gasteiger partial charge is 0.251 e. The van der Waals surface area contributed by atoms with E-state index >= 15 is 0 Å². The van der Waals surface area contributed by atoms with Crippen LogP contribution in [0.2, 0.25) is 0 Å². The lowest BCUT2D eigenvalue weighted by Crippen LogP contribution is -2.26. The van der Waals surface area contributed by atoms with Crippen molar-refractivity contribution in [1.29, 1.82) is 0 Å². The monoisotopic (exact) mass is 345 g/mol. The molecule has 130 valence electrons. The molecule has 0 aliphatic carbocycles. The van der Waals surface area contributed by atoms with Crippen LogP contribution in [0, 0.1) is 0 Å². The first-order chi connectivity index (χ1) is 12.7. The van der Waals surface area contributed by atoms with Gasteiger partial charge < -0.3 is 14.8 Å². The number of nitrogens with one attached hydrogen (secondary N) is 1. The molecular formula is C22H19NO3. The minimum Gasteiger partial charge on any atom is -0.454 e. The van der Waals surface area contributed by atoms with Crippen LogP contribution in [0.1, 0.15) is 28.9 Å². The normalized spacial score (nSPS) is 13.3. The van der Waals surface area contributed by atoms with E-state index in [-0.39, 0.29) is 18.7 Å². The third-order valence-electron chi connectivity index (χ3n) is 4.50. The molecule has 0 radical (unpaired) electrons. The molecule has 1 amide bonds. The highest BCUT2D eigenvalue weighted by atomic mass is 16.7. The second kappa shape index (κ2) is 6.92. The second-order valence-electron chi connectivity index (χ2n) is 6.25. The highest BCUT2D eigenvalue weighted by Gasteiger charge is 2.17. The Bertz CT molecular complexity index is 920. The largest absolute Gasteiger partial charge is 0.454 e. The molecule has 0 bridgehead atoms. The fourth-order valence-electron chi connectivity index (χ4n) is 2.99. The summed E-state index contributed by atoms with van der Waals surface area (Å²) in [6.07, 6.45) is 0. The van der Waals surface area contributed by atoms with Gasteiger partial charge in [-0.25, -0.2) is 0 Å². The Kier molecular flexibility index (Phi) is 4.32. The zero-order chi connectivity index (χ0) is 17.9. The summed E-state index contributed by atoms with van der Waals surface area (Å²) < 4.78 is 10.7. The Labute approximate surface area is 152 Å². The van der Waals surface area contributed by atoms with Gasteiger partial charge in [-0.05, 0) is 47.9 Å². The highest BCUT2D eigenvalue weighted by Crippen LogP contribution is 2.34. The number of amides is 1. The van der Waals surface area contributed by atoms with Crippen molar-refractivity contribution >= 4 is 5.91 Å². The van der Waals surface area contributed by atoms with Crippen LogP contribution in [0.15, 0.2) is 72.8 Å². The standard InChI is InChI=1S/C22H19NO3/c1-15(19-11-12-20-21(13-19)26-14-25-20)23-22(24)18-9-7-17(8-10-18)16-5-3-2-4-6-16/h2-13,15H,14H2,1H3,(H,23,24). The van der Waals surface area contributed by atoms with Gasteiger partial charge in [-0.1, -0.05) is 48.5 Å². The average molecular weight is 345 g/mol. The number of rotatable bonds is 4. The molecule has 1 unspecified atom stereocenters. The summed E-state index contributed by atoms with van der Waals surface area (Å²) >= 11 is 0. The summed E-state index contributed by atoms with van der Waals surface area (Å²) in [6, 6.07) is 23.3. The fourth-order valence-corrected chi connectivity index (χ4v) is 2.99. The van der Waals surface area contributed by atoms with E-state index in [4.69, 9.17) is 9.47 Å². The first kappa shape index (κ1) is 16.2. The topological polar surface area (TPSA) is 47.6 Å². The van der Waals surface area contributed by atoms with Crippen molar-refractivity contribution in [3.05, 3.63) is 83.9 Å². The van der Waals surface area contributed by atoms with Crippen molar-refractivity contribution in [2.75, 3.05) is 6.79 Å². The molecular weight excluding hydrogens is 326 g/mol. The molecule has 0 spiro atoms. The molecule has 1 N–H and O–H groups in total. The third kappa shape index (κ3) is 3.26. The molecule has 0 fully saturated rings. The minimum atomic E-state index is -0.134. The molecule has 3 aromatic carbocycles. The predicted octanol–water partition coefficient (Wildman–Crippen LogP) is 4.57. The van der Waals surface area contributed by atoms with Gasteiger partial charge in [0, 0.05) is 5.56 Å². The van der Waals surface area contributed by atoms with Gasteiger partial charge in [0.25, 0.3) is 5.91 Å². The number of carbonyl (C=O) groups is 1. The second-order valence-corrected chi connectivity index (χ2v) is 6.25. The molecule has 1 aliphatic rings. The molecule has 0 saturated heterocycles. The molecule has 1 atom stereocenters. The Balaban J connectivity index is 1.46. The Morgan fingerprint density at radius 2 is 1.58 bits per heavy atom. The van der Waals surface area contributed by atoms with Crippen molar-refractivity contribution < 1.29 is 14.3 Å². The summed E-state index contributed by atoms with van der Waals surface area (Å²) in [7, 11) is 0. The first-order valence-corrected chi connectivity index (χ1v) is 8.56. The van der Waals surface area contributed by atoms with E-state index in [2.05, 4.69) is 17.4 Å². The van der Waals surface area contributed by atoms with E-state index in [9.17, 15) is 4.79 Å². The lowest BCUT2D eigenvalue weighted by molar-refractivity contribution is 0.0940. The SMILES string of the molecule is CC(NC(=O)c1ccc(-c2ccccc2)cc1)c1ccc2c(c1)OCO2. The third-order valence-corrected chi connectivity index (χ3v) is 4.50. The van der Waals surface area contributed by atoms with Gasteiger partial charge in [0.15, 0.2) is 11.5 Å². The lowest BCUT2D eigenvalue weighted by atomic mass is 10.0. The number of hydrogen-bond donors (Lipinski definition) is 1. The van der Waals surface area contributed by atoms with Gasteiger partial charge in [-0.15, -0.1) is 0 Å². The summed E-state index contributed by atoms with van der Waals surface area (Å²) in [6.45, 7) is 2.20. The van der Waals surface area contributed by atoms with Crippen molar-refractivity contribution in [3.63, 3.8) is 0 Å². The van der Waals surface area contributed by atoms with Crippen molar-refractivity contribution in [2.45, 2.75) is 13.0 Å². The van der Waals surface area contributed by atoms with E-state index in [1.54, 1.807) is 0 Å². The number of benzene rings is 3. The minimum absolute atomic E-state index is 0.102.